The Bertz CT molecular complexity index is 487. The summed E-state index contributed by atoms with van der Waals surface area (Å²) in [5.41, 5.74) is 8.88. The molecule has 0 bridgehead atoms. The molecule has 2 aliphatic rings. The number of carbonyl (C=O) groups is 1. The highest BCUT2D eigenvalue weighted by Crippen LogP contribution is 2.46. The van der Waals surface area contributed by atoms with Gasteiger partial charge in [-0.1, -0.05) is 12.8 Å². The normalized spacial score (nSPS) is 21.4. The number of piperidine rings is 1. The predicted molar refractivity (Wildman–Crippen MR) is 81.6 cm³/mol. The minimum atomic E-state index is 0.147. The largest absolute Gasteiger partial charge is 0.399 e. The molecule has 3 nitrogen and oxygen atoms in total. The van der Waals surface area contributed by atoms with Crippen LogP contribution >= 0.6 is 0 Å². The van der Waals surface area contributed by atoms with E-state index >= 15 is 0 Å². The third-order valence-electron chi connectivity index (χ3n) is 5.12. The van der Waals surface area contributed by atoms with Gasteiger partial charge in [0.15, 0.2) is 0 Å². The van der Waals surface area contributed by atoms with Crippen LogP contribution in [0.2, 0.25) is 0 Å². The zero-order valence-electron chi connectivity index (χ0n) is 12.3. The van der Waals surface area contributed by atoms with Crippen molar-refractivity contribution < 1.29 is 4.79 Å². The van der Waals surface area contributed by atoms with E-state index in [-0.39, 0.29) is 5.91 Å². The third-order valence-corrected chi connectivity index (χ3v) is 5.12. The summed E-state index contributed by atoms with van der Waals surface area (Å²) >= 11 is 0. The van der Waals surface area contributed by atoms with E-state index < -0.39 is 0 Å². The fourth-order valence-electron chi connectivity index (χ4n) is 3.93. The molecule has 2 fully saturated rings. The number of hydrogen-bond acceptors (Lipinski definition) is 2. The van der Waals surface area contributed by atoms with E-state index in [1.807, 2.05) is 24.0 Å². The lowest BCUT2D eigenvalue weighted by Gasteiger charge is -2.39. The highest BCUT2D eigenvalue weighted by Gasteiger charge is 2.38. The van der Waals surface area contributed by atoms with Gasteiger partial charge < -0.3 is 10.6 Å². The molecule has 3 rings (SSSR count). The van der Waals surface area contributed by atoms with Crippen molar-refractivity contribution in [1.82, 2.24) is 4.90 Å². The molecule has 1 heterocycles. The van der Waals surface area contributed by atoms with Gasteiger partial charge in [-0.25, -0.2) is 0 Å². The lowest BCUT2D eigenvalue weighted by Crippen LogP contribution is -2.42. The topological polar surface area (TPSA) is 46.3 Å². The van der Waals surface area contributed by atoms with Crippen LogP contribution in [-0.4, -0.2) is 23.9 Å². The first-order valence-corrected chi connectivity index (χ1v) is 7.75. The van der Waals surface area contributed by atoms with Crippen LogP contribution in [-0.2, 0) is 0 Å². The molecule has 1 spiro atoms. The summed E-state index contributed by atoms with van der Waals surface area (Å²) in [5, 5.41) is 0. The lowest BCUT2D eigenvalue weighted by atomic mass is 9.77. The molecule has 1 saturated carbocycles. The maximum absolute atomic E-state index is 12.6. The average molecular weight is 272 g/mol. The number of anilines is 1. The predicted octanol–water partition coefficient (Wildman–Crippen LogP) is 3.37. The summed E-state index contributed by atoms with van der Waals surface area (Å²) in [6.45, 7) is 3.80. The summed E-state index contributed by atoms with van der Waals surface area (Å²) < 4.78 is 0. The molecule has 20 heavy (non-hydrogen) atoms. The molecule has 0 aromatic heterocycles. The number of benzene rings is 1. The third kappa shape index (κ3) is 2.54. The minimum absolute atomic E-state index is 0.147. The van der Waals surface area contributed by atoms with E-state index in [1.54, 1.807) is 6.07 Å². The van der Waals surface area contributed by atoms with Gasteiger partial charge in [-0.2, -0.15) is 0 Å². The fourth-order valence-corrected chi connectivity index (χ4v) is 3.93. The van der Waals surface area contributed by atoms with Crippen molar-refractivity contribution in [3.8, 4) is 0 Å². The number of nitrogens with zero attached hydrogens (tertiary/aromatic N) is 1. The van der Waals surface area contributed by atoms with E-state index in [2.05, 4.69) is 0 Å². The van der Waals surface area contributed by atoms with Gasteiger partial charge in [0.25, 0.3) is 5.91 Å². The fraction of sp³-hybridized carbons (Fsp3) is 0.588. The number of rotatable bonds is 1. The summed E-state index contributed by atoms with van der Waals surface area (Å²) in [4.78, 5) is 14.6. The maximum Gasteiger partial charge on any atom is 0.253 e. The van der Waals surface area contributed by atoms with Crippen LogP contribution in [0.4, 0.5) is 5.69 Å². The number of nitrogens with two attached hydrogens (primary N) is 1. The summed E-state index contributed by atoms with van der Waals surface area (Å²) in [6, 6.07) is 5.65. The van der Waals surface area contributed by atoms with Crippen LogP contribution < -0.4 is 5.73 Å². The van der Waals surface area contributed by atoms with Crippen LogP contribution in [0, 0.1) is 12.3 Å². The smallest absolute Gasteiger partial charge is 0.253 e. The molecule has 1 aromatic rings. The van der Waals surface area contributed by atoms with Crippen molar-refractivity contribution in [3.05, 3.63) is 29.3 Å². The second-order valence-electron chi connectivity index (χ2n) is 6.63. The minimum Gasteiger partial charge on any atom is -0.399 e. The van der Waals surface area contributed by atoms with Crippen LogP contribution in [0.1, 0.15) is 54.4 Å². The van der Waals surface area contributed by atoms with Crippen LogP contribution in [0.15, 0.2) is 18.2 Å². The van der Waals surface area contributed by atoms with E-state index in [1.165, 1.54) is 38.5 Å². The molecule has 1 amide bonds. The molecule has 2 N–H and O–H groups in total. The van der Waals surface area contributed by atoms with Crippen molar-refractivity contribution >= 4 is 11.6 Å². The van der Waals surface area contributed by atoms with Gasteiger partial charge in [-0.3, -0.25) is 4.79 Å². The van der Waals surface area contributed by atoms with Gasteiger partial charge in [-0.15, -0.1) is 0 Å². The first-order valence-electron chi connectivity index (χ1n) is 7.75. The SMILES string of the molecule is Cc1cc(N)cc(C(=O)N2CCC3(CCCC3)CC2)c1. The van der Waals surface area contributed by atoms with E-state index in [9.17, 15) is 4.79 Å². The first-order chi connectivity index (χ1) is 9.58. The van der Waals surface area contributed by atoms with Gasteiger partial charge in [0.1, 0.15) is 0 Å². The molecule has 1 saturated heterocycles. The van der Waals surface area contributed by atoms with Crippen LogP contribution in [0.25, 0.3) is 0 Å². The van der Waals surface area contributed by atoms with Crippen molar-refractivity contribution in [2.75, 3.05) is 18.8 Å². The lowest BCUT2D eigenvalue weighted by molar-refractivity contribution is 0.0587. The number of aryl methyl sites for hydroxylation is 1. The van der Waals surface area contributed by atoms with Gasteiger partial charge in [-0.05, 0) is 61.8 Å². The second kappa shape index (κ2) is 5.12. The Morgan fingerprint density at radius 3 is 2.35 bits per heavy atom. The van der Waals surface area contributed by atoms with Crippen molar-refractivity contribution in [3.63, 3.8) is 0 Å². The Hall–Kier alpha value is -1.51. The zero-order chi connectivity index (χ0) is 14.2. The molecule has 0 radical (unpaired) electrons. The highest BCUT2D eigenvalue weighted by atomic mass is 16.2. The standard InChI is InChI=1S/C17H24N2O/c1-13-10-14(12-15(18)11-13)16(20)19-8-6-17(7-9-19)4-2-3-5-17/h10-12H,2-9,18H2,1H3. The molecule has 3 heteroatoms. The van der Waals surface area contributed by atoms with Crippen LogP contribution in [0.5, 0.6) is 0 Å². The molecule has 0 atom stereocenters. The van der Waals surface area contributed by atoms with Gasteiger partial charge >= 0.3 is 0 Å². The van der Waals surface area contributed by atoms with E-state index in [4.69, 9.17) is 5.73 Å². The Morgan fingerprint density at radius 1 is 1.10 bits per heavy atom. The highest BCUT2D eigenvalue weighted by molar-refractivity contribution is 5.95. The zero-order valence-corrected chi connectivity index (χ0v) is 12.3. The second-order valence-corrected chi connectivity index (χ2v) is 6.63. The van der Waals surface area contributed by atoms with Crippen molar-refractivity contribution in [1.29, 1.82) is 0 Å². The summed E-state index contributed by atoms with van der Waals surface area (Å²) in [5.74, 6) is 0.147. The van der Waals surface area contributed by atoms with E-state index in [0.29, 0.717) is 11.1 Å². The van der Waals surface area contributed by atoms with E-state index in [0.717, 1.165) is 24.2 Å². The Morgan fingerprint density at radius 2 is 1.75 bits per heavy atom. The maximum atomic E-state index is 12.6. The van der Waals surface area contributed by atoms with Crippen molar-refractivity contribution in [2.45, 2.75) is 45.4 Å². The molecule has 108 valence electrons. The molecule has 0 unspecified atom stereocenters. The van der Waals surface area contributed by atoms with Crippen LogP contribution in [0.3, 0.4) is 0 Å². The van der Waals surface area contributed by atoms with Gasteiger partial charge in [0.05, 0.1) is 0 Å². The molecular formula is C17H24N2O. The number of hydrogen-bond donors (Lipinski definition) is 1. The molecule has 1 aliphatic carbocycles. The molecule has 1 aliphatic heterocycles. The average Bonchev–Trinajstić information content (AvgIpc) is 2.86. The Balaban J connectivity index is 1.69. The first kappa shape index (κ1) is 13.5. The van der Waals surface area contributed by atoms with Gasteiger partial charge in [0, 0.05) is 24.3 Å². The molecular weight excluding hydrogens is 248 g/mol. The summed E-state index contributed by atoms with van der Waals surface area (Å²) in [7, 11) is 0. The number of nitrogen functional groups attached to an aromatic ring is 1. The number of amides is 1. The van der Waals surface area contributed by atoms with Gasteiger partial charge in [0.2, 0.25) is 0 Å². The Labute approximate surface area is 121 Å². The Kier molecular flexibility index (Phi) is 3.45. The number of likely N-dealkylation sites (tertiary alicyclic amines) is 1. The summed E-state index contributed by atoms with van der Waals surface area (Å²) in [6.07, 6.45) is 7.85. The number of carbonyl (C=O) groups excluding carboxylic acids is 1. The molecule has 1 aromatic carbocycles. The van der Waals surface area contributed by atoms with Crippen molar-refractivity contribution in [2.24, 2.45) is 5.41 Å². The monoisotopic (exact) mass is 272 g/mol. The quantitative estimate of drug-likeness (QED) is 0.797.